The van der Waals surface area contributed by atoms with Gasteiger partial charge in [0, 0.05) is 25.9 Å². The van der Waals surface area contributed by atoms with E-state index in [0.717, 1.165) is 16.7 Å². The maximum atomic E-state index is 12.2. The van der Waals surface area contributed by atoms with Gasteiger partial charge in [-0.2, -0.15) is 13.9 Å². The fraction of sp³-hybridized carbons (Fsp3) is 0.294. The summed E-state index contributed by atoms with van der Waals surface area (Å²) in [5, 5.41) is 4.38. The first kappa shape index (κ1) is 19.1. The Bertz CT molecular complexity index is 745. The topological polar surface area (TPSA) is 47.4 Å². The summed E-state index contributed by atoms with van der Waals surface area (Å²) in [5.41, 5.74) is 1.49. The molecule has 0 aliphatic heterocycles. The lowest BCUT2D eigenvalue weighted by molar-refractivity contribution is -0.125. The second kappa shape index (κ2) is 8.75. The summed E-state index contributed by atoms with van der Waals surface area (Å²) < 4.78 is 31.1. The zero-order valence-electron chi connectivity index (χ0n) is 13.8. The molecule has 0 aliphatic carbocycles. The van der Waals surface area contributed by atoms with Crippen LogP contribution in [0.4, 0.5) is 8.78 Å². The third kappa shape index (κ3) is 5.67. The molecule has 25 heavy (non-hydrogen) atoms. The number of benzene rings is 1. The normalized spacial score (nSPS) is 11.3. The molecule has 2 rings (SSSR count). The van der Waals surface area contributed by atoms with Gasteiger partial charge in [0.15, 0.2) is 0 Å². The molecule has 0 aliphatic rings. The number of carbonyl (C=O) groups is 1. The summed E-state index contributed by atoms with van der Waals surface area (Å²) in [6, 6.07) is 6.05. The van der Waals surface area contributed by atoms with Gasteiger partial charge in [0.25, 0.3) is 0 Å². The minimum absolute atomic E-state index is 0.0759. The van der Waals surface area contributed by atoms with E-state index in [1.807, 2.05) is 13.1 Å². The first-order valence-corrected chi connectivity index (χ1v) is 8.38. The van der Waals surface area contributed by atoms with Gasteiger partial charge in [-0.3, -0.25) is 9.48 Å². The Balaban J connectivity index is 1.95. The number of carbonyl (C=O) groups excluding carboxylic acids is 1. The number of aryl methyl sites for hydroxylation is 1. The molecule has 0 unspecified atom stereocenters. The molecule has 0 saturated carbocycles. The number of hydrogen-bond donors (Lipinski definition) is 0. The third-order valence-corrected chi connectivity index (χ3v) is 4.06. The van der Waals surface area contributed by atoms with Gasteiger partial charge in [0.05, 0.1) is 16.7 Å². The minimum atomic E-state index is -2.85. The molecule has 2 aromatic rings. The number of likely N-dealkylation sites (N-methyl/N-ethyl adjacent to an activating group) is 1. The number of hydrogen-bond acceptors (Lipinski definition) is 3. The van der Waals surface area contributed by atoms with Crippen LogP contribution >= 0.6 is 15.9 Å². The largest absolute Gasteiger partial charge is 0.435 e. The highest BCUT2D eigenvalue weighted by Crippen LogP contribution is 2.17. The van der Waals surface area contributed by atoms with E-state index in [-0.39, 0.29) is 11.7 Å². The maximum Gasteiger partial charge on any atom is 0.387 e. The molecular weight excluding hydrogens is 396 g/mol. The SMILES string of the molecule is CCn1cc(Br)c(CN(C)C(=O)/C=C\c2ccc(OC(F)F)cc2)n1. The molecule has 0 N–H and O–H groups in total. The molecule has 1 aromatic carbocycles. The van der Waals surface area contributed by atoms with E-state index in [1.165, 1.54) is 23.1 Å². The van der Waals surface area contributed by atoms with E-state index in [4.69, 9.17) is 0 Å². The van der Waals surface area contributed by atoms with E-state index in [9.17, 15) is 13.6 Å². The fourth-order valence-corrected chi connectivity index (χ4v) is 2.50. The van der Waals surface area contributed by atoms with Crippen molar-refractivity contribution in [1.82, 2.24) is 14.7 Å². The van der Waals surface area contributed by atoms with Gasteiger partial charge in [-0.1, -0.05) is 12.1 Å². The molecule has 0 saturated heterocycles. The van der Waals surface area contributed by atoms with Crippen molar-refractivity contribution >= 4 is 27.9 Å². The van der Waals surface area contributed by atoms with E-state index in [1.54, 1.807) is 29.9 Å². The second-order valence-electron chi connectivity index (χ2n) is 5.25. The molecule has 1 aromatic heterocycles. The Hall–Kier alpha value is -2.22. The van der Waals surface area contributed by atoms with Gasteiger partial charge in [-0.05, 0) is 46.6 Å². The summed E-state index contributed by atoms with van der Waals surface area (Å²) >= 11 is 3.43. The van der Waals surface area contributed by atoms with Crippen LogP contribution in [0.1, 0.15) is 18.2 Å². The highest BCUT2D eigenvalue weighted by Gasteiger charge is 2.12. The number of nitrogens with zero attached hydrogens (tertiary/aromatic N) is 3. The van der Waals surface area contributed by atoms with Gasteiger partial charge < -0.3 is 9.64 Å². The maximum absolute atomic E-state index is 12.2. The van der Waals surface area contributed by atoms with E-state index in [0.29, 0.717) is 12.1 Å². The van der Waals surface area contributed by atoms with Crippen molar-refractivity contribution in [2.24, 2.45) is 0 Å². The summed E-state index contributed by atoms with van der Waals surface area (Å²) in [6.07, 6.45) is 4.91. The van der Waals surface area contributed by atoms with Gasteiger partial charge in [-0.15, -0.1) is 0 Å². The van der Waals surface area contributed by atoms with Crippen LogP contribution in [0, 0.1) is 0 Å². The van der Waals surface area contributed by atoms with Crippen molar-refractivity contribution < 1.29 is 18.3 Å². The highest BCUT2D eigenvalue weighted by molar-refractivity contribution is 9.10. The van der Waals surface area contributed by atoms with Gasteiger partial charge in [-0.25, -0.2) is 0 Å². The van der Waals surface area contributed by atoms with E-state index in [2.05, 4.69) is 25.8 Å². The third-order valence-electron chi connectivity index (χ3n) is 3.40. The van der Waals surface area contributed by atoms with Crippen LogP contribution in [0.15, 0.2) is 41.0 Å². The molecule has 0 atom stereocenters. The van der Waals surface area contributed by atoms with Crippen LogP contribution in [-0.2, 0) is 17.9 Å². The van der Waals surface area contributed by atoms with Crippen LogP contribution in [-0.4, -0.2) is 34.2 Å². The van der Waals surface area contributed by atoms with Crippen LogP contribution in [0.2, 0.25) is 0 Å². The molecular formula is C17H18BrF2N3O2. The number of amides is 1. The Kier molecular flexibility index (Phi) is 6.69. The number of ether oxygens (including phenoxy) is 1. The molecule has 1 amide bonds. The fourth-order valence-electron chi connectivity index (χ4n) is 2.06. The predicted molar refractivity (Wildman–Crippen MR) is 94.2 cm³/mol. The molecule has 5 nitrogen and oxygen atoms in total. The summed E-state index contributed by atoms with van der Waals surface area (Å²) in [5.74, 6) is -0.113. The number of halogens is 3. The van der Waals surface area contributed by atoms with Gasteiger partial charge in [0.1, 0.15) is 5.75 Å². The Morgan fingerprint density at radius 2 is 2.08 bits per heavy atom. The smallest absolute Gasteiger partial charge is 0.387 e. The van der Waals surface area contributed by atoms with Crippen LogP contribution in [0.5, 0.6) is 5.75 Å². The molecule has 0 radical (unpaired) electrons. The molecule has 0 spiro atoms. The van der Waals surface area contributed by atoms with E-state index >= 15 is 0 Å². The van der Waals surface area contributed by atoms with Crippen molar-refractivity contribution in [3.8, 4) is 5.75 Å². The quantitative estimate of drug-likeness (QED) is 0.645. The molecule has 134 valence electrons. The Morgan fingerprint density at radius 3 is 2.64 bits per heavy atom. The Labute approximate surface area is 153 Å². The number of aromatic nitrogens is 2. The minimum Gasteiger partial charge on any atom is -0.435 e. The van der Waals surface area contributed by atoms with Crippen molar-refractivity contribution in [2.45, 2.75) is 26.6 Å². The standard InChI is InChI=1S/C17H18BrF2N3O2/c1-3-23-10-14(18)15(21-23)11-22(2)16(24)9-6-12-4-7-13(8-5-12)25-17(19)20/h4-10,17H,3,11H2,1-2H3/b9-6-. The highest BCUT2D eigenvalue weighted by atomic mass is 79.9. The number of alkyl halides is 2. The average molecular weight is 414 g/mol. The zero-order chi connectivity index (χ0) is 18.4. The lowest BCUT2D eigenvalue weighted by Crippen LogP contribution is -2.24. The first-order valence-electron chi connectivity index (χ1n) is 7.59. The predicted octanol–water partition coefficient (Wildman–Crippen LogP) is 3.94. The van der Waals surface area contributed by atoms with Crippen molar-refractivity contribution in [3.05, 3.63) is 52.3 Å². The van der Waals surface area contributed by atoms with E-state index < -0.39 is 6.61 Å². The lowest BCUT2D eigenvalue weighted by atomic mass is 10.2. The van der Waals surface area contributed by atoms with Crippen LogP contribution in [0.3, 0.4) is 0 Å². The number of rotatable bonds is 7. The summed E-state index contributed by atoms with van der Waals surface area (Å²) in [7, 11) is 1.68. The van der Waals surface area contributed by atoms with Crippen LogP contribution in [0.25, 0.3) is 6.08 Å². The summed E-state index contributed by atoms with van der Waals surface area (Å²) in [6.45, 7) is 0.254. The monoisotopic (exact) mass is 413 g/mol. The van der Waals surface area contributed by atoms with Crippen LogP contribution < -0.4 is 4.74 Å². The van der Waals surface area contributed by atoms with Crippen molar-refractivity contribution in [2.75, 3.05) is 7.05 Å². The van der Waals surface area contributed by atoms with Crippen molar-refractivity contribution in [3.63, 3.8) is 0 Å². The summed E-state index contributed by atoms with van der Waals surface area (Å²) in [4.78, 5) is 13.7. The van der Waals surface area contributed by atoms with Gasteiger partial charge in [0.2, 0.25) is 5.91 Å². The van der Waals surface area contributed by atoms with Gasteiger partial charge >= 0.3 is 6.61 Å². The Morgan fingerprint density at radius 1 is 1.40 bits per heavy atom. The van der Waals surface area contributed by atoms with Crippen molar-refractivity contribution in [1.29, 1.82) is 0 Å². The molecule has 0 bridgehead atoms. The molecule has 0 fully saturated rings. The lowest BCUT2D eigenvalue weighted by Gasteiger charge is -2.13. The zero-order valence-corrected chi connectivity index (χ0v) is 15.4. The molecule has 1 heterocycles. The average Bonchev–Trinajstić information content (AvgIpc) is 2.93. The first-order chi connectivity index (χ1) is 11.9. The second-order valence-corrected chi connectivity index (χ2v) is 6.11. The molecule has 8 heteroatoms.